The maximum absolute atomic E-state index is 12.1. The zero-order valence-corrected chi connectivity index (χ0v) is 14.6. The van der Waals surface area contributed by atoms with Crippen molar-refractivity contribution in [3.8, 4) is 0 Å². The summed E-state index contributed by atoms with van der Waals surface area (Å²) in [5.41, 5.74) is 0. The van der Waals surface area contributed by atoms with Crippen molar-refractivity contribution in [3.63, 3.8) is 0 Å². The van der Waals surface area contributed by atoms with E-state index < -0.39 is 0 Å². The minimum absolute atomic E-state index is 0.0670. The van der Waals surface area contributed by atoms with Crippen LogP contribution in [0, 0.1) is 0 Å². The van der Waals surface area contributed by atoms with Gasteiger partial charge in [-0.05, 0) is 32.1 Å². The molecule has 0 radical (unpaired) electrons. The Morgan fingerprint density at radius 2 is 1.95 bits per heavy atom. The van der Waals surface area contributed by atoms with Crippen LogP contribution in [0.3, 0.4) is 0 Å². The second-order valence-corrected chi connectivity index (χ2v) is 8.78. The van der Waals surface area contributed by atoms with E-state index in [-0.39, 0.29) is 10.9 Å². The molecular weight excluding hydrogens is 294 g/mol. The number of urea groups is 1. The number of piperidine rings is 1. The van der Waals surface area contributed by atoms with Crippen LogP contribution in [0.25, 0.3) is 0 Å². The van der Waals surface area contributed by atoms with Gasteiger partial charge in [-0.1, -0.05) is 32.6 Å². The summed E-state index contributed by atoms with van der Waals surface area (Å²) in [7, 11) is 0. The molecule has 2 heterocycles. The van der Waals surface area contributed by atoms with Crippen LogP contribution in [-0.2, 0) is 0 Å². The lowest BCUT2D eigenvalue weighted by atomic mass is 9.89. The predicted molar refractivity (Wildman–Crippen MR) is 93.7 cm³/mol. The van der Waals surface area contributed by atoms with Crippen LogP contribution in [0.2, 0.25) is 0 Å². The molecule has 3 rings (SSSR count). The summed E-state index contributed by atoms with van der Waals surface area (Å²) < 4.78 is 0.323. The Morgan fingerprint density at radius 3 is 2.64 bits per heavy atom. The smallest absolute Gasteiger partial charge is 0.317 e. The standard InChI is InChI=1S/C17H29N3OS/c1-2-3-11-18-15(21)20-12-9-17(10-13-20)19-14-16(22-17)7-5-4-6-8-16/h14H,2-13H2,1H3,(H,18,21). The van der Waals surface area contributed by atoms with Crippen molar-refractivity contribution < 1.29 is 4.79 Å². The Bertz CT molecular complexity index is 424. The number of unbranched alkanes of at least 4 members (excludes halogenated alkanes) is 1. The van der Waals surface area contributed by atoms with Crippen molar-refractivity contribution in [3.05, 3.63) is 0 Å². The maximum atomic E-state index is 12.1. The fraction of sp³-hybridized carbons (Fsp3) is 0.882. The molecule has 2 aliphatic heterocycles. The lowest BCUT2D eigenvalue weighted by molar-refractivity contribution is 0.178. The topological polar surface area (TPSA) is 44.7 Å². The Labute approximate surface area is 138 Å². The molecule has 1 N–H and O–H groups in total. The molecule has 124 valence electrons. The predicted octanol–water partition coefficient (Wildman–Crippen LogP) is 3.81. The van der Waals surface area contributed by atoms with Crippen LogP contribution in [0.15, 0.2) is 4.99 Å². The summed E-state index contributed by atoms with van der Waals surface area (Å²) in [6, 6.07) is 0.114. The number of nitrogens with one attached hydrogen (secondary N) is 1. The van der Waals surface area contributed by atoms with Crippen LogP contribution < -0.4 is 5.32 Å². The second-order valence-electron chi connectivity index (χ2n) is 7.00. The first kappa shape index (κ1) is 16.2. The average molecular weight is 324 g/mol. The van der Waals surface area contributed by atoms with E-state index in [1.54, 1.807) is 0 Å². The Balaban J connectivity index is 1.50. The molecule has 5 heteroatoms. The molecule has 1 saturated heterocycles. The van der Waals surface area contributed by atoms with E-state index in [1.165, 1.54) is 32.1 Å². The fourth-order valence-corrected chi connectivity index (χ4v) is 5.67. The number of rotatable bonds is 3. The summed E-state index contributed by atoms with van der Waals surface area (Å²) in [4.78, 5) is 19.1. The van der Waals surface area contributed by atoms with Crippen molar-refractivity contribution in [1.82, 2.24) is 10.2 Å². The third kappa shape index (κ3) is 3.44. The van der Waals surface area contributed by atoms with Crippen LogP contribution in [0.1, 0.15) is 64.7 Å². The van der Waals surface area contributed by atoms with Gasteiger partial charge in [0.15, 0.2) is 0 Å². The van der Waals surface area contributed by atoms with Crippen LogP contribution in [-0.4, -0.2) is 46.4 Å². The number of carbonyl (C=O) groups is 1. The van der Waals surface area contributed by atoms with Gasteiger partial charge >= 0.3 is 6.03 Å². The molecule has 3 aliphatic rings. The van der Waals surface area contributed by atoms with Gasteiger partial charge in [0.1, 0.15) is 4.87 Å². The summed E-state index contributed by atoms with van der Waals surface area (Å²) in [6.07, 6.45) is 13.1. The summed E-state index contributed by atoms with van der Waals surface area (Å²) in [5.74, 6) is 0. The van der Waals surface area contributed by atoms with E-state index in [0.29, 0.717) is 4.75 Å². The maximum Gasteiger partial charge on any atom is 0.317 e. The summed E-state index contributed by atoms with van der Waals surface area (Å²) in [6.45, 7) is 4.64. The second kappa shape index (κ2) is 6.81. The lowest BCUT2D eigenvalue weighted by Crippen LogP contribution is -2.48. The van der Waals surface area contributed by atoms with Gasteiger partial charge in [0.2, 0.25) is 0 Å². The molecule has 1 aliphatic carbocycles. The molecule has 2 fully saturated rings. The first-order chi connectivity index (χ1) is 10.7. The molecule has 1 saturated carbocycles. The zero-order valence-electron chi connectivity index (χ0n) is 13.8. The number of carbonyl (C=O) groups excluding carboxylic acids is 1. The van der Waals surface area contributed by atoms with E-state index in [9.17, 15) is 4.79 Å². The van der Waals surface area contributed by atoms with Gasteiger partial charge in [0.25, 0.3) is 0 Å². The molecule has 0 aromatic heterocycles. The highest BCUT2D eigenvalue weighted by molar-refractivity contribution is 8.03. The van der Waals surface area contributed by atoms with Gasteiger partial charge in [0.05, 0.1) is 4.75 Å². The first-order valence-electron chi connectivity index (χ1n) is 8.96. The minimum atomic E-state index is 0.0670. The van der Waals surface area contributed by atoms with Gasteiger partial charge in [-0.25, -0.2) is 4.79 Å². The molecule has 2 amide bonds. The molecule has 0 aromatic carbocycles. The molecule has 0 unspecified atom stereocenters. The zero-order chi connectivity index (χ0) is 15.5. The van der Waals surface area contributed by atoms with Crippen molar-refractivity contribution in [2.45, 2.75) is 74.3 Å². The fourth-order valence-electron chi connectivity index (χ4n) is 3.82. The number of aliphatic imine (C=N–C) groups is 1. The average Bonchev–Trinajstić information content (AvgIpc) is 2.87. The normalized spacial score (nSPS) is 25.8. The van der Waals surface area contributed by atoms with Gasteiger partial charge in [0, 0.05) is 25.8 Å². The monoisotopic (exact) mass is 323 g/mol. The molecule has 4 nitrogen and oxygen atoms in total. The molecular formula is C17H29N3OS. The Morgan fingerprint density at radius 1 is 1.23 bits per heavy atom. The number of hydrogen-bond acceptors (Lipinski definition) is 3. The van der Waals surface area contributed by atoms with Crippen molar-refractivity contribution in [2.75, 3.05) is 19.6 Å². The SMILES string of the molecule is CCCCNC(=O)N1CCC2(CC1)N=CC1(CCCCC1)S2. The third-order valence-corrected chi connectivity index (χ3v) is 7.08. The van der Waals surface area contributed by atoms with E-state index in [0.717, 1.165) is 45.3 Å². The summed E-state index contributed by atoms with van der Waals surface area (Å²) >= 11 is 2.11. The van der Waals surface area contributed by atoms with E-state index in [4.69, 9.17) is 4.99 Å². The number of amides is 2. The first-order valence-corrected chi connectivity index (χ1v) is 9.78. The Kier molecular flexibility index (Phi) is 5.00. The van der Waals surface area contributed by atoms with Gasteiger partial charge in [-0.2, -0.15) is 0 Å². The largest absolute Gasteiger partial charge is 0.338 e. The molecule has 0 atom stereocenters. The van der Waals surface area contributed by atoms with Crippen molar-refractivity contribution in [1.29, 1.82) is 0 Å². The quantitative estimate of drug-likeness (QED) is 0.803. The lowest BCUT2D eigenvalue weighted by Gasteiger charge is -2.40. The molecule has 0 bridgehead atoms. The van der Waals surface area contributed by atoms with E-state index >= 15 is 0 Å². The Hall–Kier alpha value is -0.710. The molecule has 22 heavy (non-hydrogen) atoms. The van der Waals surface area contributed by atoms with Gasteiger partial charge in [-0.3, -0.25) is 4.99 Å². The molecule has 2 spiro atoms. The van der Waals surface area contributed by atoms with Crippen LogP contribution in [0.4, 0.5) is 4.79 Å². The van der Waals surface area contributed by atoms with Crippen molar-refractivity contribution in [2.24, 2.45) is 4.99 Å². The van der Waals surface area contributed by atoms with Crippen molar-refractivity contribution >= 4 is 24.0 Å². The number of likely N-dealkylation sites (tertiary alicyclic amines) is 1. The highest BCUT2D eigenvalue weighted by Crippen LogP contribution is 2.53. The van der Waals surface area contributed by atoms with Gasteiger partial charge < -0.3 is 10.2 Å². The van der Waals surface area contributed by atoms with Crippen LogP contribution >= 0.6 is 11.8 Å². The minimum Gasteiger partial charge on any atom is -0.338 e. The van der Waals surface area contributed by atoms with E-state index in [2.05, 4.69) is 30.2 Å². The summed E-state index contributed by atoms with van der Waals surface area (Å²) in [5, 5.41) is 3.03. The molecule has 0 aromatic rings. The number of hydrogen-bond donors (Lipinski definition) is 1. The van der Waals surface area contributed by atoms with E-state index in [1.807, 2.05) is 4.90 Å². The highest BCUT2D eigenvalue weighted by atomic mass is 32.2. The van der Waals surface area contributed by atoms with Crippen LogP contribution in [0.5, 0.6) is 0 Å². The number of thioether (sulfide) groups is 1. The van der Waals surface area contributed by atoms with Gasteiger partial charge in [-0.15, -0.1) is 11.8 Å². The highest BCUT2D eigenvalue weighted by Gasteiger charge is 2.48. The third-order valence-electron chi connectivity index (χ3n) is 5.27. The number of nitrogens with zero attached hydrogens (tertiary/aromatic N) is 2.